The average Bonchev–Trinajstić information content (AvgIpc) is 3.25. The van der Waals surface area contributed by atoms with Crippen LogP contribution in [0, 0.1) is 6.92 Å². The third kappa shape index (κ3) is 4.48. The second kappa shape index (κ2) is 8.86. The van der Waals surface area contributed by atoms with E-state index >= 15 is 0 Å². The van der Waals surface area contributed by atoms with Crippen molar-refractivity contribution < 1.29 is 19.1 Å². The van der Waals surface area contributed by atoms with E-state index in [1.165, 1.54) is 0 Å². The summed E-state index contributed by atoms with van der Waals surface area (Å²) >= 11 is 0. The van der Waals surface area contributed by atoms with Crippen molar-refractivity contribution in [1.82, 2.24) is 5.32 Å². The molecule has 7 heteroatoms. The molecule has 0 saturated heterocycles. The summed E-state index contributed by atoms with van der Waals surface area (Å²) in [5.41, 5.74) is 5.34. The van der Waals surface area contributed by atoms with Crippen LogP contribution in [-0.4, -0.2) is 31.7 Å². The average molecular weight is 444 g/mol. The lowest BCUT2D eigenvalue weighted by Gasteiger charge is -2.19. The zero-order chi connectivity index (χ0) is 22.8. The highest BCUT2D eigenvalue weighted by atomic mass is 16.6. The minimum atomic E-state index is -0.320. The molecule has 7 nitrogen and oxygen atoms in total. The van der Waals surface area contributed by atoms with Crippen molar-refractivity contribution in [2.45, 2.75) is 19.9 Å². The van der Waals surface area contributed by atoms with Gasteiger partial charge in [-0.15, -0.1) is 0 Å². The fourth-order valence-corrected chi connectivity index (χ4v) is 4.16. The molecule has 3 aromatic rings. The standard InChI is InChI=1S/C26H25N3O4/c1-17-3-2-4-20(13-17)25(30)29-10-9-19-6-5-18(14-22(19)29)16-27-26(31)28-21-7-8-23-24(15-21)33-12-11-32-23/h2-8,13-15H,9-12,16H2,1H3,(H2,27,28,31). The highest BCUT2D eigenvalue weighted by molar-refractivity contribution is 6.07. The summed E-state index contributed by atoms with van der Waals surface area (Å²) < 4.78 is 11.1. The molecule has 0 fully saturated rings. The first-order chi connectivity index (χ1) is 16.1. The molecule has 2 N–H and O–H groups in total. The fourth-order valence-electron chi connectivity index (χ4n) is 4.16. The third-order valence-corrected chi connectivity index (χ3v) is 5.81. The Kier molecular flexibility index (Phi) is 5.60. The van der Waals surface area contributed by atoms with Crippen LogP contribution in [0.4, 0.5) is 16.2 Å². The van der Waals surface area contributed by atoms with E-state index in [1.807, 2.05) is 54.3 Å². The Morgan fingerprint density at radius 1 is 0.970 bits per heavy atom. The van der Waals surface area contributed by atoms with Crippen LogP contribution in [0.5, 0.6) is 11.5 Å². The Morgan fingerprint density at radius 2 is 1.82 bits per heavy atom. The summed E-state index contributed by atoms with van der Waals surface area (Å²) in [7, 11) is 0. The van der Waals surface area contributed by atoms with Crippen LogP contribution in [0.3, 0.4) is 0 Å². The van der Waals surface area contributed by atoms with Gasteiger partial charge >= 0.3 is 6.03 Å². The molecule has 3 aromatic carbocycles. The Hall–Kier alpha value is -4.00. The molecular weight excluding hydrogens is 418 g/mol. The normalized spacial score (nSPS) is 13.9. The molecule has 0 radical (unpaired) electrons. The number of benzene rings is 3. The topological polar surface area (TPSA) is 79.9 Å². The van der Waals surface area contributed by atoms with E-state index in [2.05, 4.69) is 10.6 Å². The number of urea groups is 1. The maximum Gasteiger partial charge on any atom is 0.319 e. The molecule has 33 heavy (non-hydrogen) atoms. The number of fused-ring (bicyclic) bond motifs is 2. The van der Waals surface area contributed by atoms with E-state index in [-0.39, 0.29) is 11.9 Å². The molecule has 2 aliphatic heterocycles. The van der Waals surface area contributed by atoms with E-state index in [0.29, 0.717) is 49.1 Å². The molecule has 168 valence electrons. The number of aryl methyl sites for hydroxylation is 1. The number of ether oxygens (including phenoxy) is 2. The molecule has 3 amide bonds. The van der Waals surface area contributed by atoms with Crippen LogP contribution in [-0.2, 0) is 13.0 Å². The molecule has 0 bridgehead atoms. The Labute approximate surface area is 192 Å². The first kappa shape index (κ1) is 20.9. The number of rotatable bonds is 4. The number of carbonyl (C=O) groups is 2. The number of hydrogen-bond donors (Lipinski definition) is 2. The largest absolute Gasteiger partial charge is 0.486 e. The molecule has 0 spiro atoms. The Balaban J connectivity index is 1.24. The maximum absolute atomic E-state index is 13.1. The van der Waals surface area contributed by atoms with Crippen molar-refractivity contribution in [3.05, 3.63) is 82.9 Å². The summed E-state index contributed by atoms with van der Waals surface area (Å²) in [6.45, 7) is 3.99. The first-order valence-electron chi connectivity index (χ1n) is 11.0. The number of hydrogen-bond acceptors (Lipinski definition) is 4. The van der Waals surface area contributed by atoms with E-state index in [1.54, 1.807) is 18.2 Å². The van der Waals surface area contributed by atoms with Crippen molar-refractivity contribution >= 4 is 23.3 Å². The molecule has 2 aliphatic rings. The Morgan fingerprint density at radius 3 is 2.67 bits per heavy atom. The van der Waals surface area contributed by atoms with Gasteiger partial charge in [0.2, 0.25) is 0 Å². The molecule has 0 saturated carbocycles. The number of amides is 3. The lowest BCUT2D eigenvalue weighted by Crippen LogP contribution is -2.29. The van der Waals surface area contributed by atoms with Crippen molar-refractivity contribution in [3.8, 4) is 11.5 Å². The van der Waals surface area contributed by atoms with Crippen LogP contribution in [0.1, 0.15) is 27.0 Å². The van der Waals surface area contributed by atoms with Crippen LogP contribution in [0.2, 0.25) is 0 Å². The zero-order valence-electron chi connectivity index (χ0n) is 18.4. The Bertz CT molecular complexity index is 1220. The van der Waals surface area contributed by atoms with Crippen molar-refractivity contribution in [2.75, 3.05) is 30.0 Å². The molecule has 0 unspecified atom stereocenters. The van der Waals surface area contributed by atoms with E-state index in [0.717, 1.165) is 28.8 Å². The van der Waals surface area contributed by atoms with Gasteiger partial charge in [0.1, 0.15) is 13.2 Å². The quantitative estimate of drug-likeness (QED) is 0.631. The van der Waals surface area contributed by atoms with Gasteiger partial charge in [0.05, 0.1) is 0 Å². The second-order valence-corrected chi connectivity index (χ2v) is 8.21. The highest BCUT2D eigenvalue weighted by Gasteiger charge is 2.26. The minimum Gasteiger partial charge on any atom is -0.486 e. The van der Waals surface area contributed by atoms with Crippen molar-refractivity contribution in [2.24, 2.45) is 0 Å². The molecule has 0 aromatic heterocycles. The molecule has 2 heterocycles. The van der Waals surface area contributed by atoms with Gasteiger partial charge in [0, 0.05) is 36.1 Å². The van der Waals surface area contributed by atoms with Gasteiger partial charge in [0.15, 0.2) is 11.5 Å². The van der Waals surface area contributed by atoms with E-state index in [4.69, 9.17) is 9.47 Å². The predicted molar refractivity (Wildman–Crippen MR) is 126 cm³/mol. The lowest BCUT2D eigenvalue weighted by molar-refractivity contribution is 0.0989. The predicted octanol–water partition coefficient (Wildman–Crippen LogP) is 4.29. The molecular formula is C26H25N3O4. The van der Waals surface area contributed by atoms with E-state index in [9.17, 15) is 9.59 Å². The summed E-state index contributed by atoms with van der Waals surface area (Å²) in [6, 6.07) is 18.6. The molecule has 5 rings (SSSR count). The van der Waals surface area contributed by atoms with E-state index < -0.39 is 0 Å². The van der Waals surface area contributed by atoms with Gasteiger partial charge in [-0.2, -0.15) is 0 Å². The minimum absolute atomic E-state index is 0.00101. The first-order valence-corrected chi connectivity index (χ1v) is 11.0. The SMILES string of the molecule is Cc1cccc(C(=O)N2CCc3ccc(CNC(=O)Nc4ccc5c(c4)OCCO5)cc32)c1. The van der Waals surface area contributed by atoms with Crippen molar-refractivity contribution in [3.63, 3.8) is 0 Å². The third-order valence-electron chi connectivity index (χ3n) is 5.81. The van der Waals surface area contributed by atoms with Crippen LogP contribution >= 0.6 is 0 Å². The smallest absolute Gasteiger partial charge is 0.319 e. The lowest BCUT2D eigenvalue weighted by atomic mass is 10.1. The summed E-state index contributed by atoms with van der Waals surface area (Å²) in [6.07, 6.45) is 0.825. The van der Waals surface area contributed by atoms with Gasteiger partial charge in [-0.05, 0) is 54.8 Å². The fraction of sp³-hybridized carbons (Fsp3) is 0.231. The van der Waals surface area contributed by atoms with Crippen LogP contribution in [0.15, 0.2) is 60.7 Å². The maximum atomic E-state index is 13.1. The second-order valence-electron chi connectivity index (χ2n) is 8.21. The summed E-state index contributed by atoms with van der Waals surface area (Å²) in [5.74, 6) is 1.30. The number of nitrogens with one attached hydrogen (secondary N) is 2. The van der Waals surface area contributed by atoms with Gasteiger partial charge in [-0.25, -0.2) is 4.79 Å². The monoisotopic (exact) mass is 443 g/mol. The number of anilines is 2. The highest BCUT2D eigenvalue weighted by Crippen LogP contribution is 2.33. The molecule has 0 atom stereocenters. The van der Waals surface area contributed by atoms with Gasteiger partial charge in [-0.3, -0.25) is 4.79 Å². The van der Waals surface area contributed by atoms with Crippen molar-refractivity contribution in [1.29, 1.82) is 0 Å². The zero-order valence-corrected chi connectivity index (χ0v) is 18.4. The van der Waals surface area contributed by atoms with Gasteiger partial charge in [-0.1, -0.05) is 29.8 Å². The number of carbonyl (C=O) groups excluding carboxylic acids is 2. The van der Waals surface area contributed by atoms with Crippen LogP contribution in [0.25, 0.3) is 0 Å². The van der Waals surface area contributed by atoms with Crippen LogP contribution < -0.4 is 25.0 Å². The number of nitrogens with zero attached hydrogens (tertiary/aromatic N) is 1. The summed E-state index contributed by atoms with van der Waals surface area (Å²) in [4.78, 5) is 27.3. The van der Waals surface area contributed by atoms with Gasteiger partial charge < -0.3 is 25.0 Å². The summed E-state index contributed by atoms with van der Waals surface area (Å²) in [5, 5.41) is 5.69. The molecule has 0 aliphatic carbocycles. The van der Waals surface area contributed by atoms with Gasteiger partial charge in [0.25, 0.3) is 5.91 Å².